The van der Waals surface area contributed by atoms with Crippen molar-refractivity contribution < 1.29 is 28.8 Å². The van der Waals surface area contributed by atoms with Gasteiger partial charge in [-0.25, -0.2) is 0 Å². The third kappa shape index (κ3) is 3.74. The fraction of sp³-hybridized carbons (Fsp3) is 0.647. The second-order valence-corrected chi connectivity index (χ2v) is 6.35. The number of aliphatic hydroxyl groups is 1. The van der Waals surface area contributed by atoms with E-state index in [0.717, 1.165) is 5.56 Å². The van der Waals surface area contributed by atoms with E-state index in [2.05, 4.69) is 0 Å². The molecule has 1 aromatic rings. The number of hydrogen-bond acceptors (Lipinski definition) is 6. The van der Waals surface area contributed by atoms with E-state index in [9.17, 15) is 5.11 Å². The van der Waals surface area contributed by atoms with Crippen LogP contribution in [0.3, 0.4) is 0 Å². The monoisotopic (exact) mass is 324 g/mol. The molecule has 5 atom stereocenters. The SMILES string of the molecule is COC[C@H](O)[C@H]1O[C@H]2OC(C)(C)O[C@H]2[C@@H]1OCc1ccccc1. The molecule has 3 rings (SSSR count). The van der Waals surface area contributed by atoms with Crippen LogP contribution in [0, 0.1) is 0 Å². The highest BCUT2D eigenvalue weighted by Crippen LogP contribution is 2.39. The van der Waals surface area contributed by atoms with E-state index in [1.165, 1.54) is 7.11 Å². The Balaban J connectivity index is 1.71. The Bertz CT molecular complexity index is 505. The lowest BCUT2D eigenvalue weighted by Gasteiger charge is -2.28. The summed E-state index contributed by atoms with van der Waals surface area (Å²) < 4.78 is 28.5. The fourth-order valence-corrected chi connectivity index (χ4v) is 3.04. The van der Waals surface area contributed by atoms with E-state index in [0.29, 0.717) is 6.61 Å². The number of rotatable bonds is 6. The third-order valence-electron chi connectivity index (χ3n) is 4.03. The lowest BCUT2D eigenvalue weighted by molar-refractivity contribution is -0.232. The van der Waals surface area contributed by atoms with Crippen LogP contribution in [0.5, 0.6) is 0 Å². The van der Waals surface area contributed by atoms with Crippen LogP contribution < -0.4 is 0 Å². The lowest BCUT2D eigenvalue weighted by Crippen LogP contribution is -2.44. The summed E-state index contributed by atoms with van der Waals surface area (Å²) >= 11 is 0. The van der Waals surface area contributed by atoms with Crippen molar-refractivity contribution in [2.45, 2.75) is 56.9 Å². The maximum Gasteiger partial charge on any atom is 0.190 e. The first kappa shape index (κ1) is 16.8. The van der Waals surface area contributed by atoms with Gasteiger partial charge in [0.2, 0.25) is 0 Å². The van der Waals surface area contributed by atoms with Gasteiger partial charge in [-0.05, 0) is 19.4 Å². The summed E-state index contributed by atoms with van der Waals surface area (Å²) in [4.78, 5) is 0. The lowest BCUT2D eigenvalue weighted by atomic mass is 10.1. The number of methoxy groups -OCH3 is 1. The van der Waals surface area contributed by atoms with Gasteiger partial charge in [-0.15, -0.1) is 0 Å². The van der Waals surface area contributed by atoms with E-state index in [4.69, 9.17) is 23.7 Å². The Morgan fingerprint density at radius 1 is 1.22 bits per heavy atom. The van der Waals surface area contributed by atoms with E-state index in [1.54, 1.807) is 0 Å². The van der Waals surface area contributed by atoms with Crippen LogP contribution in [0.15, 0.2) is 30.3 Å². The molecule has 6 nitrogen and oxygen atoms in total. The van der Waals surface area contributed by atoms with Crippen molar-refractivity contribution >= 4 is 0 Å². The molecule has 6 heteroatoms. The van der Waals surface area contributed by atoms with Crippen molar-refractivity contribution in [3.05, 3.63) is 35.9 Å². The first-order chi connectivity index (χ1) is 11.0. The normalized spacial score (nSPS) is 33.6. The Labute approximate surface area is 136 Å². The van der Waals surface area contributed by atoms with Gasteiger partial charge in [-0.2, -0.15) is 0 Å². The van der Waals surface area contributed by atoms with Gasteiger partial charge in [0, 0.05) is 7.11 Å². The summed E-state index contributed by atoms with van der Waals surface area (Å²) in [6.07, 6.45) is -2.69. The van der Waals surface area contributed by atoms with E-state index < -0.39 is 30.4 Å². The number of fused-ring (bicyclic) bond motifs is 1. The molecule has 0 radical (unpaired) electrons. The molecule has 1 N–H and O–H groups in total. The topological polar surface area (TPSA) is 66.4 Å². The molecule has 23 heavy (non-hydrogen) atoms. The highest BCUT2D eigenvalue weighted by molar-refractivity contribution is 5.13. The molecule has 2 fully saturated rings. The zero-order chi connectivity index (χ0) is 16.4. The summed E-state index contributed by atoms with van der Waals surface area (Å²) in [5.74, 6) is -0.721. The quantitative estimate of drug-likeness (QED) is 0.854. The smallest absolute Gasteiger partial charge is 0.190 e. The molecular weight excluding hydrogens is 300 g/mol. The van der Waals surface area contributed by atoms with Crippen LogP contribution in [0.1, 0.15) is 19.4 Å². The highest BCUT2D eigenvalue weighted by Gasteiger charge is 2.57. The van der Waals surface area contributed by atoms with Crippen LogP contribution in [-0.4, -0.2) is 55.3 Å². The molecule has 0 aliphatic carbocycles. The Morgan fingerprint density at radius 3 is 2.65 bits per heavy atom. The van der Waals surface area contributed by atoms with Gasteiger partial charge in [0.1, 0.15) is 24.4 Å². The van der Waals surface area contributed by atoms with Gasteiger partial charge in [0.15, 0.2) is 12.1 Å². The van der Waals surface area contributed by atoms with Gasteiger partial charge >= 0.3 is 0 Å². The predicted molar refractivity (Wildman–Crippen MR) is 81.6 cm³/mol. The molecular formula is C17H24O6. The molecule has 0 unspecified atom stereocenters. The fourth-order valence-electron chi connectivity index (χ4n) is 3.04. The number of hydrogen-bond donors (Lipinski definition) is 1. The molecule has 128 valence electrons. The van der Waals surface area contributed by atoms with Gasteiger partial charge in [-0.1, -0.05) is 30.3 Å². The zero-order valence-electron chi connectivity index (χ0n) is 13.7. The van der Waals surface area contributed by atoms with Crippen molar-refractivity contribution in [2.24, 2.45) is 0 Å². The van der Waals surface area contributed by atoms with Crippen molar-refractivity contribution in [3.63, 3.8) is 0 Å². The third-order valence-corrected chi connectivity index (χ3v) is 4.03. The summed E-state index contributed by atoms with van der Waals surface area (Å²) in [5.41, 5.74) is 1.05. The molecule has 2 heterocycles. The Morgan fingerprint density at radius 2 is 1.96 bits per heavy atom. The summed E-state index contributed by atoms with van der Waals surface area (Å²) in [6.45, 7) is 4.25. The largest absolute Gasteiger partial charge is 0.388 e. The molecule has 2 aliphatic rings. The summed E-state index contributed by atoms with van der Waals surface area (Å²) in [6, 6.07) is 9.86. The van der Waals surface area contributed by atoms with Crippen LogP contribution >= 0.6 is 0 Å². The summed E-state index contributed by atoms with van der Waals surface area (Å²) in [5, 5.41) is 10.3. The van der Waals surface area contributed by atoms with Gasteiger partial charge < -0.3 is 28.8 Å². The molecule has 0 saturated carbocycles. The van der Waals surface area contributed by atoms with Crippen molar-refractivity contribution in [1.29, 1.82) is 0 Å². The van der Waals surface area contributed by atoms with Crippen LogP contribution in [0.2, 0.25) is 0 Å². The first-order valence-corrected chi connectivity index (χ1v) is 7.84. The highest BCUT2D eigenvalue weighted by atomic mass is 16.8. The summed E-state index contributed by atoms with van der Waals surface area (Å²) in [7, 11) is 1.54. The van der Waals surface area contributed by atoms with E-state index in [-0.39, 0.29) is 12.7 Å². The first-order valence-electron chi connectivity index (χ1n) is 7.84. The van der Waals surface area contributed by atoms with Gasteiger partial charge in [0.25, 0.3) is 0 Å². The second-order valence-electron chi connectivity index (χ2n) is 6.35. The number of ether oxygens (including phenoxy) is 5. The maximum absolute atomic E-state index is 10.3. The Kier molecular flexibility index (Phi) is 5.01. The Hall–Kier alpha value is -1.02. The van der Waals surface area contributed by atoms with E-state index >= 15 is 0 Å². The molecule has 0 spiro atoms. The molecule has 0 amide bonds. The minimum absolute atomic E-state index is 0.165. The second kappa shape index (κ2) is 6.84. The zero-order valence-corrected chi connectivity index (χ0v) is 13.7. The number of benzene rings is 1. The standard InChI is InChI=1S/C17H24O6/c1-17(2)22-15-14(20-9-11-7-5-4-6-8-11)13(12(18)10-19-3)21-16(15)23-17/h4-8,12-16,18H,9-10H2,1-3H3/t12-,13+,14+,15-,16-/m0/s1. The maximum atomic E-state index is 10.3. The molecule has 2 saturated heterocycles. The van der Waals surface area contributed by atoms with Crippen LogP contribution in [-0.2, 0) is 30.3 Å². The number of aliphatic hydroxyl groups excluding tert-OH is 1. The molecule has 1 aromatic carbocycles. The van der Waals surface area contributed by atoms with Crippen LogP contribution in [0.25, 0.3) is 0 Å². The van der Waals surface area contributed by atoms with Gasteiger partial charge in [-0.3, -0.25) is 0 Å². The van der Waals surface area contributed by atoms with Gasteiger partial charge in [0.05, 0.1) is 13.2 Å². The van der Waals surface area contributed by atoms with E-state index in [1.807, 2.05) is 44.2 Å². The average molecular weight is 324 g/mol. The molecule has 2 aliphatic heterocycles. The minimum atomic E-state index is -0.804. The van der Waals surface area contributed by atoms with Crippen molar-refractivity contribution in [1.82, 2.24) is 0 Å². The van der Waals surface area contributed by atoms with Crippen molar-refractivity contribution in [2.75, 3.05) is 13.7 Å². The molecule has 0 aromatic heterocycles. The predicted octanol–water partition coefficient (Wildman–Crippen LogP) is 1.46. The average Bonchev–Trinajstić information content (AvgIpc) is 2.98. The van der Waals surface area contributed by atoms with Crippen molar-refractivity contribution in [3.8, 4) is 0 Å². The van der Waals surface area contributed by atoms with Crippen LogP contribution in [0.4, 0.5) is 0 Å². The minimum Gasteiger partial charge on any atom is -0.388 e. The molecule has 0 bridgehead atoms.